The molecule has 0 aliphatic heterocycles. The second kappa shape index (κ2) is 6.20. The zero-order valence-corrected chi connectivity index (χ0v) is 11.2. The predicted molar refractivity (Wildman–Crippen MR) is 74.5 cm³/mol. The minimum Gasteiger partial charge on any atom is -0.490 e. The Labute approximate surface area is 113 Å². The zero-order valence-electron chi connectivity index (χ0n) is 11.2. The largest absolute Gasteiger partial charge is 0.490 e. The summed E-state index contributed by atoms with van der Waals surface area (Å²) in [5.74, 6) is 1.89. The van der Waals surface area contributed by atoms with E-state index in [1.165, 1.54) is 0 Å². The van der Waals surface area contributed by atoms with Gasteiger partial charge in [-0.1, -0.05) is 18.2 Å². The number of para-hydroxylation sites is 2. The van der Waals surface area contributed by atoms with Crippen molar-refractivity contribution in [2.24, 2.45) is 5.73 Å². The molecule has 19 heavy (non-hydrogen) atoms. The molecule has 1 unspecified atom stereocenters. The van der Waals surface area contributed by atoms with Gasteiger partial charge in [0.2, 0.25) is 5.88 Å². The van der Waals surface area contributed by atoms with E-state index in [4.69, 9.17) is 15.2 Å². The Bertz CT molecular complexity index is 524. The second-order valence-electron chi connectivity index (χ2n) is 4.20. The number of hydrogen-bond acceptors (Lipinski definition) is 4. The SMILES string of the molecule is CCOc1ccccc1Oc1ccc(C(C)N)cn1. The molecule has 0 spiro atoms. The third-order valence-corrected chi connectivity index (χ3v) is 2.65. The van der Waals surface area contributed by atoms with Crippen LogP contribution in [0.25, 0.3) is 0 Å². The fraction of sp³-hybridized carbons (Fsp3) is 0.267. The lowest BCUT2D eigenvalue weighted by molar-refractivity contribution is 0.319. The number of hydrogen-bond donors (Lipinski definition) is 1. The van der Waals surface area contributed by atoms with Gasteiger partial charge in [-0.15, -0.1) is 0 Å². The van der Waals surface area contributed by atoms with Crippen LogP contribution >= 0.6 is 0 Å². The zero-order chi connectivity index (χ0) is 13.7. The molecule has 1 heterocycles. The van der Waals surface area contributed by atoms with Crippen molar-refractivity contribution >= 4 is 0 Å². The number of benzene rings is 1. The van der Waals surface area contributed by atoms with E-state index < -0.39 is 0 Å². The molecule has 0 saturated heterocycles. The summed E-state index contributed by atoms with van der Waals surface area (Å²) in [6.45, 7) is 4.45. The molecule has 2 rings (SSSR count). The summed E-state index contributed by atoms with van der Waals surface area (Å²) in [6, 6.07) is 11.2. The standard InChI is InChI=1S/C15H18N2O2/c1-3-18-13-6-4-5-7-14(13)19-15-9-8-12(10-17-15)11(2)16/h4-11H,3,16H2,1-2H3. The molecule has 4 heteroatoms. The van der Waals surface area contributed by atoms with E-state index in [9.17, 15) is 0 Å². The maximum absolute atomic E-state index is 5.78. The summed E-state index contributed by atoms with van der Waals surface area (Å²) in [7, 11) is 0. The third-order valence-electron chi connectivity index (χ3n) is 2.65. The van der Waals surface area contributed by atoms with Crippen LogP contribution in [0.1, 0.15) is 25.5 Å². The lowest BCUT2D eigenvalue weighted by atomic mass is 10.2. The number of rotatable bonds is 5. The first kappa shape index (κ1) is 13.4. The van der Waals surface area contributed by atoms with Crippen LogP contribution in [0.3, 0.4) is 0 Å². The smallest absolute Gasteiger partial charge is 0.219 e. The van der Waals surface area contributed by atoms with E-state index in [0.29, 0.717) is 24.0 Å². The van der Waals surface area contributed by atoms with E-state index >= 15 is 0 Å². The molecule has 2 aromatic rings. The first-order valence-corrected chi connectivity index (χ1v) is 6.32. The van der Waals surface area contributed by atoms with Gasteiger partial charge in [-0.3, -0.25) is 0 Å². The lowest BCUT2D eigenvalue weighted by Crippen LogP contribution is -2.05. The molecule has 100 valence electrons. The Hall–Kier alpha value is -2.07. The van der Waals surface area contributed by atoms with Crippen LogP contribution in [0.4, 0.5) is 0 Å². The van der Waals surface area contributed by atoms with E-state index in [1.807, 2.05) is 44.2 Å². The summed E-state index contributed by atoms with van der Waals surface area (Å²) < 4.78 is 11.2. The van der Waals surface area contributed by atoms with Crippen LogP contribution in [0, 0.1) is 0 Å². The lowest BCUT2D eigenvalue weighted by Gasteiger charge is -2.11. The van der Waals surface area contributed by atoms with Crippen molar-refractivity contribution < 1.29 is 9.47 Å². The minimum absolute atomic E-state index is 0.0303. The highest BCUT2D eigenvalue weighted by atomic mass is 16.5. The molecule has 1 aromatic carbocycles. The predicted octanol–water partition coefficient (Wildman–Crippen LogP) is 3.29. The van der Waals surface area contributed by atoms with E-state index in [-0.39, 0.29) is 6.04 Å². The highest BCUT2D eigenvalue weighted by Gasteiger charge is 2.06. The fourth-order valence-corrected chi connectivity index (χ4v) is 1.64. The number of nitrogens with two attached hydrogens (primary N) is 1. The highest BCUT2D eigenvalue weighted by molar-refractivity contribution is 5.41. The van der Waals surface area contributed by atoms with Crippen LogP contribution in [-0.4, -0.2) is 11.6 Å². The highest BCUT2D eigenvalue weighted by Crippen LogP contribution is 2.30. The Morgan fingerprint density at radius 3 is 2.47 bits per heavy atom. The molecule has 4 nitrogen and oxygen atoms in total. The summed E-state index contributed by atoms with van der Waals surface area (Å²) >= 11 is 0. The van der Waals surface area contributed by atoms with Gasteiger partial charge in [0.15, 0.2) is 11.5 Å². The summed E-state index contributed by atoms with van der Waals surface area (Å²) in [6.07, 6.45) is 1.73. The molecule has 0 bridgehead atoms. The maximum Gasteiger partial charge on any atom is 0.219 e. The van der Waals surface area contributed by atoms with Gasteiger partial charge in [-0.25, -0.2) is 4.98 Å². The van der Waals surface area contributed by atoms with Crippen molar-refractivity contribution in [3.05, 3.63) is 48.2 Å². The Morgan fingerprint density at radius 2 is 1.89 bits per heavy atom. The number of ether oxygens (including phenoxy) is 2. The molecule has 0 aliphatic carbocycles. The molecular formula is C15H18N2O2. The van der Waals surface area contributed by atoms with Crippen LogP contribution in [-0.2, 0) is 0 Å². The summed E-state index contributed by atoms with van der Waals surface area (Å²) in [5.41, 5.74) is 6.76. The second-order valence-corrected chi connectivity index (χ2v) is 4.20. The van der Waals surface area contributed by atoms with Gasteiger partial charge >= 0.3 is 0 Å². The van der Waals surface area contributed by atoms with Gasteiger partial charge < -0.3 is 15.2 Å². The molecule has 1 atom stereocenters. The molecule has 2 N–H and O–H groups in total. The topological polar surface area (TPSA) is 57.4 Å². The van der Waals surface area contributed by atoms with Crippen molar-refractivity contribution in [3.63, 3.8) is 0 Å². The third kappa shape index (κ3) is 3.45. The summed E-state index contributed by atoms with van der Waals surface area (Å²) in [5, 5.41) is 0. The average molecular weight is 258 g/mol. The first-order chi connectivity index (χ1) is 9.20. The Balaban J connectivity index is 2.16. The molecule has 0 radical (unpaired) electrons. The Kier molecular flexibility index (Phi) is 4.36. The van der Waals surface area contributed by atoms with Gasteiger partial charge in [-0.2, -0.15) is 0 Å². The van der Waals surface area contributed by atoms with E-state index in [1.54, 1.807) is 12.3 Å². The van der Waals surface area contributed by atoms with Gasteiger partial charge in [0, 0.05) is 18.3 Å². The normalized spacial score (nSPS) is 11.9. The van der Waals surface area contributed by atoms with Crippen LogP contribution in [0.15, 0.2) is 42.6 Å². The van der Waals surface area contributed by atoms with Gasteiger partial charge in [0.05, 0.1) is 6.61 Å². The maximum atomic E-state index is 5.78. The Morgan fingerprint density at radius 1 is 1.16 bits per heavy atom. The van der Waals surface area contributed by atoms with Crippen molar-refractivity contribution in [3.8, 4) is 17.4 Å². The molecule has 0 saturated carbocycles. The van der Waals surface area contributed by atoms with E-state index in [0.717, 1.165) is 5.56 Å². The average Bonchev–Trinajstić information content (AvgIpc) is 2.42. The molecule has 1 aromatic heterocycles. The van der Waals surface area contributed by atoms with Crippen molar-refractivity contribution in [1.82, 2.24) is 4.98 Å². The van der Waals surface area contributed by atoms with Gasteiger partial charge in [0.1, 0.15) is 0 Å². The van der Waals surface area contributed by atoms with Crippen molar-refractivity contribution in [1.29, 1.82) is 0 Å². The van der Waals surface area contributed by atoms with Crippen molar-refractivity contribution in [2.75, 3.05) is 6.61 Å². The number of aromatic nitrogens is 1. The van der Waals surface area contributed by atoms with Crippen LogP contribution < -0.4 is 15.2 Å². The molecular weight excluding hydrogens is 240 g/mol. The van der Waals surface area contributed by atoms with Gasteiger partial charge in [0.25, 0.3) is 0 Å². The monoisotopic (exact) mass is 258 g/mol. The van der Waals surface area contributed by atoms with Crippen LogP contribution in [0.5, 0.6) is 17.4 Å². The quantitative estimate of drug-likeness (QED) is 0.894. The van der Waals surface area contributed by atoms with Crippen molar-refractivity contribution in [2.45, 2.75) is 19.9 Å². The van der Waals surface area contributed by atoms with Gasteiger partial charge in [-0.05, 0) is 31.5 Å². The summed E-state index contributed by atoms with van der Waals surface area (Å²) in [4.78, 5) is 4.24. The number of pyridine rings is 1. The first-order valence-electron chi connectivity index (χ1n) is 6.32. The van der Waals surface area contributed by atoms with E-state index in [2.05, 4.69) is 4.98 Å². The fourth-order valence-electron chi connectivity index (χ4n) is 1.64. The molecule has 0 aliphatic rings. The van der Waals surface area contributed by atoms with Crippen LogP contribution in [0.2, 0.25) is 0 Å². The number of nitrogens with zero attached hydrogens (tertiary/aromatic N) is 1. The molecule has 0 amide bonds. The molecule has 0 fully saturated rings. The minimum atomic E-state index is -0.0303.